The molecule has 1 heterocycles. The molecule has 1 aromatic carbocycles. The lowest BCUT2D eigenvalue weighted by atomic mass is 10.2. The van der Waals surface area contributed by atoms with Gasteiger partial charge in [0.05, 0.1) is 12.2 Å². The van der Waals surface area contributed by atoms with Crippen LogP contribution in [0.25, 0.3) is 0 Å². The summed E-state index contributed by atoms with van der Waals surface area (Å²) in [4.78, 5) is 11.7. The molecule has 16 heavy (non-hydrogen) atoms. The molecule has 1 saturated heterocycles. The van der Waals surface area contributed by atoms with E-state index in [1.54, 1.807) is 31.4 Å². The molecule has 0 aliphatic carbocycles. The van der Waals surface area contributed by atoms with Crippen molar-refractivity contribution in [1.29, 1.82) is 0 Å². The van der Waals surface area contributed by atoms with Gasteiger partial charge in [0.15, 0.2) is 12.4 Å². The van der Waals surface area contributed by atoms with Crippen LogP contribution in [0.5, 0.6) is 0 Å². The van der Waals surface area contributed by atoms with Crippen molar-refractivity contribution >= 4 is 5.97 Å². The molecular formula is C12H14O4. The van der Waals surface area contributed by atoms with Gasteiger partial charge in [-0.15, -0.1) is 0 Å². The van der Waals surface area contributed by atoms with Gasteiger partial charge in [0, 0.05) is 13.5 Å². The number of hydrogen-bond acceptors (Lipinski definition) is 4. The maximum Gasteiger partial charge on any atom is 0.338 e. The smallest absolute Gasteiger partial charge is 0.338 e. The molecule has 1 aromatic rings. The standard InChI is InChI=1S/C12H14O4/c1-14-12-10(7-8-15-12)16-11(13)9-5-3-2-4-6-9/h2-6,10,12H,7-8H2,1H3. The van der Waals surface area contributed by atoms with Crippen LogP contribution < -0.4 is 0 Å². The minimum Gasteiger partial charge on any atom is -0.453 e. The molecule has 0 aromatic heterocycles. The number of esters is 1. The number of rotatable bonds is 3. The second-order valence-corrected chi connectivity index (χ2v) is 3.57. The lowest BCUT2D eigenvalue weighted by Gasteiger charge is -2.17. The lowest BCUT2D eigenvalue weighted by Crippen LogP contribution is -2.28. The summed E-state index contributed by atoms with van der Waals surface area (Å²) in [5, 5.41) is 0. The Morgan fingerprint density at radius 1 is 1.38 bits per heavy atom. The minimum absolute atomic E-state index is 0.308. The Bertz CT molecular complexity index is 349. The molecule has 4 heteroatoms. The van der Waals surface area contributed by atoms with Crippen molar-refractivity contribution in [2.75, 3.05) is 13.7 Å². The molecule has 0 saturated carbocycles. The van der Waals surface area contributed by atoms with Crippen molar-refractivity contribution < 1.29 is 19.0 Å². The van der Waals surface area contributed by atoms with Gasteiger partial charge in [0.25, 0.3) is 0 Å². The zero-order chi connectivity index (χ0) is 11.4. The highest BCUT2D eigenvalue weighted by Gasteiger charge is 2.31. The molecule has 4 nitrogen and oxygen atoms in total. The Kier molecular flexibility index (Phi) is 3.54. The summed E-state index contributed by atoms with van der Waals surface area (Å²) < 4.78 is 15.6. The van der Waals surface area contributed by atoms with E-state index in [0.717, 1.165) is 0 Å². The van der Waals surface area contributed by atoms with Crippen LogP contribution in [0.15, 0.2) is 30.3 Å². The maximum atomic E-state index is 11.7. The SMILES string of the molecule is COC1OCCC1OC(=O)c1ccccc1. The first-order chi connectivity index (χ1) is 7.81. The fourth-order valence-electron chi connectivity index (χ4n) is 1.66. The fourth-order valence-corrected chi connectivity index (χ4v) is 1.66. The van der Waals surface area contributed by atoms with Gasteiger partial charge in [-0.1, -0.05) is 18.2 Å². The van der Waals surface area contributed by atoms with Gasteiger partial charge in [0.2, 0.25) is 0 Å². The minimum atomic E-state index is -0.437. The van der Waals surface area contributed by atoms with E-state index < -0.39 is 6.29 Å². The maximum absolute atomic E-state index is 11.7. The second-order valence-electron chi connectivity index (χ2n) is 3.57. The van der Waals surface area contributed by atoms with E-state index in [-0.39, 0.29) is 12.1 Å². The van der Waals surface area contributed by atoms with Crippen molar-refractivity contribution in [3.63, 3.8) is 0 Å². The van der Waals surface area contributed by atoms with Gasteiger partial charge in [-0.2, -0.15) is 0 Å². The molecular weight excluding hydrogens is 208 g/mol. The van der Waals surface area contributed by atoms with E-state index in [9.17, 15) is 4.79 Å². The summed E-state index contributed by atoms with van der Waals surface area (Å²) in [7, 11) is 1.54. The molecule has 1 aliphatic heterocycles. The Labute approximate surface area is 94.1 Å². The molecule has 0 spiro atoms. The van der Waals surface area contributed by atoms with Gasteiger partial charge in [-0.25, -0.2) is 4.79 Å². The van der Waals surface area contributed by atoms with Crippen LogP contribution in [-0.2, 0) is 14.2 Å². The van der Waals surface area contributed by atoms with E-state index in [4.69, 9.17) is 14.2 Å². The van der Waals surface area contributed by atoms with Crippen LogP contribution in [0, 0.1) is 0 Å². The van der Waals surface area contributed by atoms with Crippen molar-refractivity contribution in [3.8, 4) is 0 Å². The first-order valence-electron chi connectivity index (χ1n) is 5.21. The van der Waals surface area contributed by atoms with Crippen molar-refractivity contribution in [2.24, 2.45) is 0 Å². The number of benzene rings is 1. The number of methoxy groups -OCH3 is 1. The van der Waals surface area contributed by atoms with E-state index in [1.165, 1.54) is 0 Å². The molecule has 2 unspecified atom stereocenters. The molecule has 0 bridgehead atoms. The topological polar surface area (TPSA) is 44.8 Å². The zero-order valence-electron chi connectivity index (χ0n) is 9.09. The Balaban J connectivity index is 1.97. The molecule has 1 aliphatic rings. The average Bonchev–Trinajstić information content (AvgIpc) is 2.77. The predicted octanol–water partition coefficient (Wildman–Crippen LogP) is 1.60. The number of hydrogen-bond donors (Lipinski definition) is 0. The predicted molar refractivity (Wildman–Crippen MR) is 57.0 cm³/mol. The number of carbonyl (C=O) groups excluding carboxylic acids is 1. The van der Waals surface area contributed by atoms with Crippen LogP contribution in [0.1, 0.15) is 16.8 Å². The molecule has 2 atom stereocenters. The van der Waals surface area contributed by atoms with Gasteiger partial charge < -0.3 is 14.2 Å². The summed E-state index contributed by atoms with van der Waals surface area (Å²) in [5.41, 5.74) is 0.546. The zero-order valence-corrected chi connectivity index (χ0v) is 9.09. The van der Waals surface area contributed by atoms with Crippen molar-refractivity contribution in [3.05, 3.63) is 35.9 Å². The molecule has 0 amide bonds. The van der Waals surface area contributed by atoms with Crippen molar-refractivity contribution in [1.82, 2.24) is 0 Å². The molecule has 1 fully saturated rings. The Morgan fingerprint density at radius 2 is 2.12 bits per heavy atom. The molecule has 2 rings (SSSR count). The third-order valence-electron chi connectivity index (χ3n) is 2.49. The van der Waals surface area contributed by atoms with Crippen LogP contribution in [-0.4, -0.2) is 32.1 Å². The third-order valence-corrected chi connectivity index (χ3v) is 2.49. The Hall–Kier alpha value is -1.39. The van der Waals surface area contributed by atoms with E-state index in [1.807, 2.05) is 6.07 Å². The van der Waals surface area contributed by atoms with Gasteiger partial charge in [-0.3, -0.25) is 0 Å². The summed E-state index contributed by atoms with van der Waals surface area (Å²) in [6, 6.07) is 8.90. The summed E-state index contributed by atoms with van der Waals surface area (Å²) in [6.07, 6.45) is -0.0674. The quantitative estimate of drug-likeness (QED) is 0.729. The van der Waals surface area contributed by atoms with Crippen LogP contribution in [0.4, 0.5) is 0 Å². The van der Waals surface area contributed by atoms with Gasteiger partial charge in [-0.05, 0) is 12.1 Å². The van der Waals surface area contributed by atoms with Gasteiger partial charge >= 0.3 is 5.97 Å². The molecule has 0 N–H and O–H groups in total. The van der Waals surface area contributed by atoms with Gasteiger partial charge in [0.1, 0.15) is 0 Å². The summed E-state index contributed by atoms with van der Waals surface area (Å²) >= 11 is 0. The average molecular weight is 222 g/mol. The van der Waals surface area contributed by atoms with E-state index in [0.29, 0.717) is 18.6 Å². The fraction of sp³-hybridized carbons (Fsp3) is 0.417. The monoisotopic (exact) mass is 222 g/mol. The Morgan fingerprint density at radius 3 is 2.81 bits per heavy atom. The third kappa shape index (κ3) is 2.40. The highest BCUT2D eigenvalue weighted by molar-refractivity contribution is 5.89. The first-order valence-corrected chi connectivity index (χ1v) is 5.21. The number of ether oxygens (including phenoxy) is 3. The summed E-state index contributed by atoms with van der Waals surface area (Å²) in [5.74, 6) is -0.335. The summed E-state index contributed by atoms with van der Waals surface area (Å²) in [6.45, 7) is 0.561. The molecule has 0 radical (unpaired) electrons. The van der Waals surface area contributed by atoms with E-state index in [2.05, 4.69) is 0 Å². The van der Waals surface area contributed by atoms with Crippen LogP contribution in [0.3, 0.4) is 0 Å². The van der Waals surface area contributed by atoms with Crippen LogP contribution >= 0.6 is 0 Å². The number of carbonyl (C=O) groups is 1. The van der Waals surface area contributed by atoms with Crippen molar-refractivity contribution in [2.45, 2.75) is 18.8 Å². The molecule has 86 valence electrons. The van der Waals surface area contributed by atoms with Crippen LogP contribution in [0.2, 0.25) is 0 Å². The van der Waals surface area contributed by atoms with E-state index >= 15 is 0 Å². The highest BCUT2D eigenvalue weighted by atomic mass is 16.7. The largest absolute Gasteiger partial charge is 0.453 e. The lowest BCUT2D eigenvalue weighted by molar-refractivity contribution is -0.134. The highest BCUT2D eigenvalue weighted by Crippen LogP contribution is 2.19. The second kappa shape index (κ2) is 5.09. The first kappa shape index (κ1) is 11.1. The normalized spacial score (nSPS) is 24.3.